The topological polar surface area (TPSA) is 132 Å². The van der Waals surface area contributed by atoms with Crippen molar-refractivity contribution in [1.82, 2.24) is 39.1 Å². The quantitative estimate of drug-likeness (QED) is 0.345. The molecule has 5 aromatic rings. The van der Waals surface area contributed by atoms with E-state index in [1.807, 2.05) is 6.20 Å². The second-order valence-electron chi connectivity index (χ2n) is 8.64. The van der Waals surface area contributed by atoms with Gasteiger partial charge in [0.05, 0.1) is 42.0 Å². The monoisotopic (exact) mass is 508 g/mol. The van der Waals surface area contributed by atoms with Gasteiger partial charge in [0.1, 0.15) is 11.1 Å². The molecule has 0 aliphatic heterocycles. The van der Waals surface area contributed by atoms with Crippen LogP contribution in [0.5, 0.6) is 0 Å². The van der Waals surface area contributed by atoms with E-state index in [4.69, 9.17) is 11.6 Å². The van der Waals surface area contributed by atoms with E-state index < -0.39 is 17.7 Å². The zero-order valence-electron chi connectivity index (χ0n) is 18.6. The summed E-state index contributed by atoms with van der Waals surface area (Å²) < 4.78 is 19.0. The van der Waals surface area contributed by atoms with Gasteiger partial charge in [0, 0.05) is 18.6 Å². The molecule has 11 nitrogen and oxygen atoms in total. The van der Waals surface area contributed by atoms with Crippen LogP contribution in [-0.4, -0.2) is 50.7 Å². The lowest BCUT2D eigenvalue weighted by molar-refractivity contribution is 0.0698. The van der Waals surface area contributed by atoms with Crippen molar-refractivity contribution in [1.29, 1.82) is 0 Å². The van der Waals surface area contributed by atoms with Gasteiger partial charge in [-0.2, -0.15) is 0 Å². The Labute approximate surface area is 207 Å². The van der Waals surface area contributed by atoms with E-state index in [1.54, 1.807) is 22.9 Å². The molecule has 2 N–H and O–H groups in total. The van der Waals surface area contributed by atoms with Gasteiger partial charge in [0.15, 0.2) is 17.2 Å². The van der Waals surface area contributed by atoms with Crippen LogP contribution in [0.15, 0.2) is 43.2 Å². The lowest BCUT2D eigenvalue weighted by Crippen LogP contribution is -2.23. The van der Waals surface area contributed by atoms with Crippen LogP contribution in [0.3, 0.4) is 0 Å². The summed E-state index contributed by atoms with van der Waals surface area (Å²) in [4.78, 5) is 32.9. The van der Waals surface area contributed by atoms with Gasteiger partial charge in [0.2, 0.25) is 0 Å². The number of imidazole rings is 2. The van der Waals surface area contributed by atoms with E-state index in [0.29, 0.717) is 23.0 Å². The molecule has 0 aromatic carbocycles. The summed E-state index contributed by atoms with van der Waals surface area (Å²) in [5.74, 6) is -1.77. The van der Waals surface area contributed by atoms with Crippen molar-refractivity contribution in [2.75, 3.05) is 0 Å². The number of pyridine rings is 2. The Morgan fingerprint density at radius 3 is 2.83 bits per heavy atom. The van der Waals surface area contributed by atoms with E-state index in [9.17, 15) is 19.1 Å². The summed E-state index contributed by atoms with van der Waals surface area (Å²) in [6.45, 7) is 0.155. The standard InChI is InChI=1S/C23H18ClFN8O3/c24-16-3-4-31-11-27-17(20(31)19(16)25)6-26-22(34)18-10-33(30-29-18)9-14-8-32-7-13(12-1-2-12)5-15(23(35)36)21(32)28-14/h3-5,7-8,10-12H,1-2,6,9H2,(H,26,34)(H,35,36). The number of carbonyl (C=O) groups excluding carboxylic acids is 1. The zero-order valence-corrected chi connectivity index (χ0v) is 19.4. The van der Waals surface area contributed by atoms with Gasteiger partial charge in [0.25, 0.3) is 5.91 Å². The second kappa shape index (κ2) is 8.41. The molecule has 0 radical (unpaired) electrons. The third-order valence-electron chi connectivity index (χ3n) is 6.08. The number of amides is 1. The number of hydrogen-bond acceptors (Lipinski definition) is 6. The Bertz CT molecular complexity index is 1670. The van der Waals surface area contributed by atoms with Gasteiger partial charge in [-0.25, -0.2) is 23.8 Å². The molecule has 1 fully saturated rings. The highest BCUT2D eigenvalue weighted by Crippen LogP contribution is 2.40. The van der Waals surface area contributed by atoms with Crippen molar-refractivity contribution in [2.45, 2.75) is 31.8 Å². The molecule has 0 spiro atoms. The Hall–Kier alpha value is -4.32. The highest BCUT2D eigenvalue weighted by molar-refractivity contribution is 6.31. The van der Waals surface area contributed by atoms with Crippen LogP contribution in [0.25, 0.3) is 11.2 Å². The van der Waals surface area contributed by atoms with Crippen molar-refractivity contribution in [3.8, 4) is 0 Å². The van der Waals surface area contributed by atoms with Gasteiger partial charge in [-0.1, -0.05) is 16.8 Å². The highest BCUT2D eigenvalue weighted by Gasteiger charge is 2.26. The predicted molar refractivity (Wildman–Crippen MR) is 125 cm³/mol. The summed E-state index contributed by atoms with van der Waals surface area (Å²) in [6.07, 6.45) is 10.2. The third kappa shape index (κ3) is 3.94. The molecule has 1 aliphatic carbocycles. The normalized spacial score (nSPS) is 13.5. The maximum absolute atomic E-state index is 14.4. The van der Waals surface area contributed by atoms with Crippen molar-refractivity contribution in [3.05, 3.63) is 82.3 Å². The molecular weight excluding hydrogens is 491 g/mol. The van der Waals surface area contributed by atoms with Crippen LogP contribution in [0.2, 0.25) is 5.02 Å². The summed E-state index contributed by atoms with van der Waals surface area (Å²) >= 11 is 5.86. The minimum absolute atomic E-state index is 0.0345. The Morgan fingerprint density at radius 1 is 1.22 bits per heavy atom. The molecule has 182 valence electrons. The predicted octanol–water partition coefficient (Wildman–Crippen LogP) is 2.92. The Balaban J connectivity index is 1.18. The number of hydrogen-bond donors (Lipinski definition) is 2. The summed E-state index contributed by atoms with van der Waals surface area (Å²) in [5.41, 5.74) is 2.61. The first-order valence-corrected chi connectivity index (χ1v) is 11.5. The first-order valence-electron chi connectivity index (χ1n) is 11.1. The molecular formula is C23H18ClFN8O3. The van der Waals surface area contributed by atoms with Gasteiger partial charge >= 0.3 is 5.97 Å². The molecule has 1 amide bonds. The third-order valence-corrected chi connectivity index (χ3v) is 6.37. The number of aromatic nitrogens is 7. The maximum atomic E-state index is 14.4. The molecule has 0 unspecified atom stereocenters. The van der Waals surface area contributed by atoms with Crippen LogP contribution in [0, 0.1) is 5.82 Å². The molecule has 0 saturated heterocycles. The lowest BCUT2D eigenvalue weighted by Gasteiger charge is -2.03. The van der Waals surface area contributed by atoms with E-state index in [1.165, 1.54) is 27.7 Å². The fourth-order valence-electron chi connectivity index (χ4n) is 4.16. The van der Waals surface area contributed by atoms with Gasteiger partial charge < -0.3 is 19.2 Å². The molecule has 6 rings (SSSR count). The molecule has 1 aliphatic rings. The number of halogens is 2. The molecule has 5 aromatic heterocycles. The summed E-state index contributed by atoms with van der Waals surface area (Å²) in [6, 6.07) is 3.11. The molecule has 5 heterocycles. The first kappa shape index (κ1) is 22.2. The van der Waals surface area contributed by atoms with E-state index in [0.717, 1.165) is 18.4 Å². The maximum Gasteiger partial charge on any atom is 0.339 e. The number of carbonyl (C=O) groups is 2. The van der Waals surface area contributed by atoms with Crippen molar-refractivity contribution < 1.29 is 19.1 Å². The number of carboxylic acid groups (broad SMARTS) is 1. The molecule has 1 saturated carbocycles. The molecule has 36 heavy (non-hydrogen) atoms. The SMILES string of the molecule is O=C(NCc1ncn2ccc(Cl)c(F)c12)c1cn(Cc2cn3cc(C4CC4)cc(C(=O)O)c3n2)nn1. The van der Waals surface area contributed by atoms with Crippen molar-refractivity contribution in [2.24, 2.45) is 0 Å². The largest absolute Gasteiger partial charge is 0.478 e. The van der Waals surface area contributed by atoms with Crippen molar-refractivity contribution in [3.63, 3.8) is 0 Å². The highest BCUT2D eigenvalue weighted by atomic mass is 35.5. The smallest absolute Gasteiger partial charge is 0.339 e. The first-order chi connectivity index (χ1) is 17.4. The molecule has 13 heteroatoms. The van der Waals surface area contributed by atoms with Crippen LogP contribution in [0.4, 0.5) is 4.39 Å². The number of nitrogens with zero attached hydrogens (tertiary/aromatic N) is 7. The van der Waals surface area contributed by atoms with Gasteiger partial charge in [-0.3, -0.25) is 4.79 Å². The minimum atomic E-state index is -1.04. The van der Waals surface area contributed by atoms with Crippen LogP contribution in [0.1, 0.15) is 56.6 Å². The molecule has 0 bridgehead atoms. The van der Waals surface area contributed by atoms with Crippen LogP contribution < -0.4 is 5.32 Å². The van der Waals surface area contributed by atoms with Crippen molar-refractivity contribution >= 4 is 34.6 Å². The zero-order chi connectivity index (χ0) is 25.0. The summed E-state index contributed by atoms with van der Waals surface area (Å²) in [7, 11) is 0. The minimum Gasteiger partial charge on any atom is -0.478 e. The molecule has 0 atom stereocenters. The number of nitrogens with one attached hydrogen (secondary N) is 1. The fourth-order valence-corrected chi connectivity index (χ4v) is 4.30. The Kier molecular flexibility index (Phi) is 5.18. The van der Waals surface area contributed by atoms with Crippen LogP contribution >= 0.6 is 11.6 Å². The van der Waals surface area contributed by atoms with E-state index in [2.05, 4.69) is 25.6 Å². The number of carboxylic acids is 1. The number of rotatable bonds is 7. The second-order valence-corrected chi connectivity index (χ2v) is 9.05. The fraction of sp³-hybridized carbons (Fsp3) is 0.217. The van der Waals surface area contributed by atoms with E-state index in [-0.39, 0.29) is 34.9 Å². The average molecular weight is 509 g/mol. The van der Waals surface area contributed by atoms with Gasteiger partial charge in [-0.15, -0.1) is 5.10 Å². The number of aromatic carboxylic acids is 1. The number of fused-ring (bicyclic) bond motifs is 2. The summed E-state index contributed by atoms with van der Waals surface area (Å²) in [5, 5.41) is 20.1. The Morgan fingerprint density at radius 2 is 2.06 bits per heavy atom. The van der Waals surface area contributed by atoms with Gasteiger partial charge in [-0.05, 0) is 36.5 Å². The lowest BCUT2D eigenvalue weighted by atomic mass is 10.1. The van der Waals surface area contributed by atoms with E-state index >= 15 is 0 Å². The van der Waals surface area contributed by atoms with Crippen LogP contribution in [-0.2, 0) is 13.1 Å². The average Bonchev–Trinajstić information content (AvgIpc) is 3.26.